The van der Waals surface area contributed by atoms with E-state index in [1.165, 1.54) is 0 Å². The number of nitrogens with one attached hydrogen (secondary N) is 2. The van der Waals surface area contributed by atoms with E-state index in [2.05, 4.69) is 10.6 Å². The molecule has 0 radical (unpaired) electrons. The summed E-state index contributed by atoms with van der Waals surface area (Å²) in [5.74, 6) is -0.102. The van der Waals surface area contributed by atoms with Gasteiger partial charge in [-0.1, -0.05) is 29.8 Å². The maximum Gasteiger partial charge on any atom is 0.250 e. The highest BCUT2D eigenvalue weighted by Gasteiger charge is 2.23. The Hall–Kier alpha value is -0.810. The van der Waals surface area contributed by atoms with Gasteiger partial charge in [-0.15, -0.1) is 12.4 Å². The topological polar surface area (TPSA) is 50.4 Å². The lowest BCUT2D eigenvalue weighted by atomic mass is 10.1. The highest BCUT2D eigenvalue weighted by Crippen LogP contribution is 2.22. The predicted molar refractivity (Wildman–Crippen MR) is 77.9 cm³/mol. The molecular weight excluding hydrogens is 287 g/mol. The number of benzene rings is 1. The largest absolute Gasteiger partial charge is 0.366 e. The summed E-state index contributed by atoms with van der Waals surface area (Å²) in [5.41, 5.74) is 0.913. The average Bonchev–Trinajstić information content (AvgIpc) is 2.40. The molecule has 0 saturated carbocycles. The first-order chi connectivity index (χ1) is 8.68. The number of hydrogen-bond acceptors (Lipinski definition) is 3. The molecular formula is C13H18Cl2N2O2. The van der Waals surface area contributed by atoms with Crippen molar-refractivity contribution in [2.45, 2.75) is 19.1 Å². The molecule has 0 aliphatic carbocycles. The van der Waals surface area contributed by atoms with Crippen LogP contribution in [0.1, 0.15) is 18.5 Å². The van der Waals surface area contributed by atoms with Gasteiger partial charge in [0.25, 0.3) is 5.91 Å². The van der Waals surface area contributed by atoms with Gasteiger partial charge in [-0.05, 0) is 18.6 Å². The zero-order chi connectivity index (χ0) is 13.0. The van der Waals surface area contributed by atoms with E-state index in [0.717, 1.165) is 12.1 Å². The van der Waals surface area contributed by atoms with E-state index in [9.17, 15) is 4.79 Å². The van der Waals surface area contributed by atoms with E-state index < -0.39 is 6.10 Å². The fourth-order valence-electron chi connectivity index (χ4n) is 1.94. The Morgan fingerprint density at radius 3 is 2.89 bits per heavy atom. The number of morpholine rings is 1. The molecule has 2 unspecified atom stereocenters. The molecule has 1 aliphatic heterocycles. The number of halogens is 2. The van der Waals surface area contributed by atoms with Gasteiger partial charge in [0, 0.05) is 18.1 Å². The number of rotatable bonds is 3. The van der Waals surface area contributed by atoms with E-state index >= 15 is 0 Å². The van der Waals surface area contributed by atoms with Crippen molar-refractivity contribution in [1.29, 1.82) is 0 Å². The second-order valence-corrected chi connectivity index (χ2v) is 4.72. The Bertz CT molecular complexity index is 423. The van der Waals surface area contributed by atoms with Gasteiger partial charge in [-0.2, -0.15) is 0 Å². The number of carbonyl (C=O) groups excluding carboxylic acids is 1. The maximum absolute atomic E-state index is 12.0. The van der Waals surface area contributed by atoms with Crippen LogP contribution in [0.25, 0.3) is 0 Å². The molecule has 19 heavy (non-hydrogen) atoms. The molecule has 1 saturated heterocycles. The summed E-state index contributed by atoms with van der Waals surface area (Å²) in [5, 5.41) is 6.71. The standard InChI is InChI=1S/C13H17ClN2O2.ClH/c1-9(10-4-2-3-5-11(10)14)16-13(17)12-8-15-6-7-18-12;/h2-5,9,12,15H,6-8H2,1H3,(H,16,17);1H. The smallest absolute Gasteiger partial charge is 0.250 e. The molecule has 2 atom stereocenters. The first kappa shape index (κ1) is 16.2. The fraction of sp³-hybridized carbons (Fsp3) is 0.462. The van der Waals surface area contributed by atoms with Crippen LogP contribution < -0.4 is 10.6 Å². The van der Waals surface area contributed by atoms with Crippen LogP contribution in [-0.4, -0.2) is 31.7 Å². The van der Waals surface area contributed by atoms with Gasteiger partial charge >= 0.3 is 0 Å². The lowest BCUT2D eigenvalue weighted by molar-refractivity contribution is -0.134. The second kappa shape index (κ2) is 7.70. The number of amides is 1. The van der Waals surface area contributed by atoms with Crippen molar-refractivity contribution in [3.8, 4) is 0 Å². The van der Waals surface area contributed by atoms with Crippen molar-refractivity contribution in [1.82, 2.24) is 10.6 Å². The summed E-state index contributed by atoms with van der Waals surface area (Å²) in [7, 11) is 0. The van der Waals surface area contributed by atoms with Crippen LogP contribution in [0.4, 0.5) is 0 Å². The molecule has 2 N–H and O–H groups in total. The third kappa shape index (κ3) is 4.35. The highest BCUT2D eigenvalue weighted by atomic mass is 35.5. The SMILES string of the molecule is CC(NC(=O)C1CNCCO1)c1ccccc1Cl.Cl. The van der Waals surface area contributed by atoms with E-state index in [4.69, 9.17) is 16.3 Å². The van der Waals surface area contributed by atoms with Crippen molar-refractivity contribution >= 4 is 29.9 Å². The predicted octanol–water partition coefficient (Wildman–Crippen LogP) is 1.93. The highest BCUT2D eigenvalue weighted by molar-refractivity contribution is 6.31. The zero-order valence-corrected chi connectivity index (χ0v) is 12.3. The summed E-state index contributed by atoms with van der Waals surface area (Å²) in [4.78, 5) is 12.0. The summed E-state index contributed by atoms with van der Waals surface area (Å²) >= 11 is 6.09. The van der Waals surface area contributed by atoms with Crippen LogP contribution in [0.2, 0.25) is 5.02 Å². The molecule has 1 aromatic carbocycles. The Morgan fingerprint density at radius 1 is 1.53 bits per heavy atom. The van der Waals surface area contributed by atoms with E-state index in [-0.39, 0.29) is 24.4 Å². The summed E-state index contributed by atoms with van der Waals surface area (Å²) in [6, 6.07) is 7.37. The van der Waals surface area contributed by atoms with Crippen molar-refractivity contribution < 1.29 is 9.53 Å². The maximum atomic E-state index is 12.0. The molecule has 4 nitrogen and oxygen atoms in total. The van der Waals surface area contributed by atoms with Crippen LogP contribution in [0.5, 0.6) is 0 Å². The minimum Gasteiger partial charge on any atom is -0.366 e. The molecule has 0 bridgehead atoms. The average molecular weight is 305 g/mol. The molecule has 106 valence electrons. The van der Waals surface area contributed by atoms with Crippen LogP contribution in [0, 0.1) is 0 Å². The van der Waals surface area contributed by atoms with E-state index in [1.54, 1.807) is 0 Å². The molecule has 6 heteroatoms. The van der Waals surface area contributed by atoms with Gasteiger partial charge in [0.05, 0.1) is 12.6 Å². The molecule has 1 aromatic rings. The number of ether oxygens (including phenoxy) is 1. The molecule has 0 aromatic heterocycles. The van der Waals surface area contributed by atoms with Crippen molar-refractivity contribution in [3.63, 3.8) is 0 Å². The molecule has 1 aliphatic rings. The summed E-state index contributed by atoms with van der Waals surface area (Å²) in [6.45, 7) is 3.83. The van der Waals surface area contributed by atoms with Crippen molar-refractivity contribution in [3.05, 3.63) is 34.9 Å². The first-order valence-electron chi connectivity index (χ1n) is 6.05. The lowest BCUT2D eigenvalue weighted by Gasteiger charge is -2.25. The minimum atomic E-state index is -0.413. The van der Waals surface area contributed by atoms with Crippen LogP contribution in [0.15, 0.2) is 24.3 Å². The van der Waals surface area contributed by atoms with E-state index in [0.29, 0.717) is 18.2 Å². The van der Waals surface area contributed by atoms with Crippen LogP contribution >= 0.6 is 24.0 Å². The molecule has 2 rings (SSSR count). The zero-order valence-electron chi connectivity index (χ0n) is 10.7. The van der Waals surface area contributed by atoms with Gasteiger partial charge < -0.3 is 15.4 Å². The third-order valence-electron chi connectivity index (χ3n) is 2.95. The Morgan fingerprint density at radius 2 is 2.26 bits per heavy atom. The summed E-state index contributed by atoms with van der Waals surface area (Å²) < 4.78 is 5.40. The van der Waals surface area contributed by atoms with Gasteiger partial charge in [-0.25, -0.2) is 0 Å². The number of hydrogen-bond donors (Lipinski definition) is 2. The van der Waals surface area contributed by atoms with Crippen LogP contribution in [-0.2, 0) is 9.53 Å². The van der Waals surface area contributed by atoms with Gasteiger partial charge in [0.1, 0.15) is 6.10 Å². The second-order valence-electron chi connectivity index (χ2n) is 4.32. The van der Waals surface area contributed by atoms with Crippen molar-refractivity contribution in [2.24, 2.45) is 0 Å². The normalized spacial score (nSPS) is 20.2. The Balaban J connectivity index is 0.00000180. The third-order valence-corrected chi connectivity index (χ3v) is 3.29. The first-order valence-corrected chi connectivity index (χ1v) is 6.43. The minimum absolute atomic E-state index is 0. The Labute approximate surface area is 124 Å². The quantitative estimate of drug-likeness (QED) is 0.897. The molecule has 1 amide bonds. The lowest BCUT2D eigenvalue weighted by Crippen LogP contribution is -2.48. The van der Waals surface area contributed by atoms with Crippen LogP contribution in [0.3, 0.4) is 0 Å². The fourth-order valence-corrected chi connectivity index (χ4v) is 2.24. The molecule has 0 spiro atoms. The monoisotopic (exact) mass is 304 g/mol. The molecule has 1 fully saturated rings. The number of carbonyl (C=O) groups is 1. The summed E-state index contributed by atoms with van der Waals surface area (Å²) in [6.07, 6.45) is -0.413. The van der Waals surface area contributed by atoms with Gasteiger partial charge in [0.15, 0.2) is 0 Å². The van der Waals surface area contributed by atoms with Gasteiger partial charge in [-0.3, -0.25) is 4.79 Å². The van der Waals surface area contributed by atoms with Crippen molar-refractivity contribution in [2.75, 3.05) is 19.7 Å². The van der Waals surface area contributed by atoms with E-state index in [1.807, 2.05) is 31.2 Å². The molecule has 1 heterocycles. The van der Waals surface area contributed by atoms with Gasteiger partial charge in [0.2, 0.25) is 0 Å². The Kier molecular flexibility index (Phi) is 6.58.